The first-order valence-electron chi connectivity index (χ1n) is 10.6. The van der Waals surface area contributed by atoms with Crippen molar-refractivity contribution < 1.29 is 0 Å². The van der Waals surface area contributed by atoms with Crippen molar-refractivity contribution in [3.8, 4) is 0 Å². The SMILES string of the molecule is CCC.Cc1ccc(C(C)CCc2ccccc2)cc1.Cc1cccc(C)c1. The topological polar surface area (TPSA) is 0 Å². The summed E-state index contributed by atoms with van der Waals surface area (Å²) in [5.74, 6) is 0.635. The van der Waals surface area contributed by atoms with E-state index in [2.05, 4.69) is 120 Å². The Morgan fingerprint density at radius 3 is 1.64 bits per heavy atom. The van der Waals surface area contributed by atoms with Gasteiger partial charge in [0, 0.05) is 0 Å². The van der Waals surface area contributed by atoms with Crippen molar-refractivity contribution in [2.75, 3.05) is 0 Å². The first kappa shape index (κ1) is 23.7. The zero-order valence-electron chi connectivity index (χ0n) is 18.7. The van der Waals surface area contributed by atoms with Crippen LogP contribution in [0.3, 0.4) is 0 Å². The maximum absolute atomic E-state index is 2.31. The van der Waals surface area contributed by atoms with Crippen LogP contribution in [-0.4, -0.2) is 0 Å². The third-order valence-corrected chi connectivity index (χ3v) is 4.53. The summed E-state index contributed by atoms with van der Waals surface area (Å²) in [4.78, 5) is 0. The van der Waals surface area contributed by atoms with E-state index in [-0.39, 0.29) is 0 Å². The largest absolute Gasteiger partial charge is 0.0656 e. The van der Waals surface area contributed by atoms with Crippen LogP contribution in [0.2, 0.25) is 0 Å². The summed E-state index contributed by atoms with van der Waals surface area (Å²) in [6.45, 7) is 12.9. The quantitative estimate of drug-likeness (QED) is 0.429. The minimum absolute atomic E-state index is 0.635. The Morgan fingerprint density at radius 1 is 0.643 bits per heavy atom. The molecule has 0 amide bonds. The van der Waals surface area contributed by atoms with Crippen LogP contribution in [0.25, 0.3) is 0 Å². The van der Waals surface area contributed by atoms with Crippen molar-refractivity contribution >= 4 is 0 Å². The van der Waals surface area contributed by atoms with Gasteiger partial charge in [-0.2, -0.15) is 0 Å². The molecule has 0 fully saturated rings. The summed E-state index contributed by atoms with van der Waals surface area (Å²) < 4.78 is 0. The highest BCUT2D eigenvalue weighted by atomic mass is 14.1. The van der Waals surface area contributed by atoms with E-state index >= 15 is 0 Å². The zero-order valence-corrected chi connectivity index (χ0v) is 18.7. The molecule has 3 aromatic rings. The Balaban J connectivity index is 0.000000296. The molecule has 0 radical (unpaired) electrons. The Kier molecular flexibility index (Phi) is 11.7. The van der Waals surface area contributed by atoms with Crippen LogP contribution in [0.4, 0.5) is 0 Å². The van der Waals surface area contributed by atoms with Gasteiger partial charge in [0.1, 0.15) is 0 Å². The highest BCUT2D eigenvalue weighted by Crippen LogP contribution is 2.21. The smallest absolute Gasteiger partial charge is 0.0187 e. The van der Waals surface area contributed by atoms with Crippen LogP contribution in [-0.2, 0) is 6.42 Å². The molecule has 0 heteroatoms. The molecule has 0 spiro atoms. The van der Waals surface area contributed by atoms with Gasteiger partial charge >= 0.3 is 0 Å². The van der Waals surface area contributed by atoms with Crippen molar-refractivity contribution in [3.05, 3.63) is 107 Å². The summed E-state index contributed by atoms with van der Waals surface area (Å²) in [6, 6.07) is 28.1. The fourth-order valence-electron chi connectivity index (χ4n) is 2.90. The standard InChI is InChI=1S/C17H20.C8H10.C3H8/c1-14-8-12-17(13-9-14)15(2)10-11-16-6-4-3-5-7-16;1-7-4-3-5-8(2)6-7;1-3-2/h3-9,12-13,15H,10-11H2,1-2H3;3-6H,1-2H3;3H2,1-2H3. The van der Waals surface area contributed by atoms with Gasteiger partial charge in [-0.1, -0.05) is 123 Å². The third kappa shape index (κ3) is 10.1. The maximum Gasteiger partial charge on any atom is -0.0187 e. The number of aryl methyl sites for hydroxylation is 4. The average Bonchev–Trinajstić information content (AvgIpc) is 2.68. The van der Waals surface area contributed by atoms with Gasteiger partial charge in [0.15, 0.2) is 0 Å². The molecule has 0 aliphatic heterocycles. The summed E-state index contributed by atoms with van der Waals surface area (Å²) in [5, 5.41) is 0. The maximum atomic E-state index is 2.31. The Hall–Kier alpha value is -2.34. The lowest BCUT2D eigenvalue weighted by atomic mass is 9.93. The number of benzene rings is 3. The highest BCUT2D eigenvalue weighted by Gasteiger charge is 2.05. The molecular formula is C28H38. The molecule has 0 bridgehead atoms. The summed E-state index contributed by atoms with van der Waals surface area (Å²) >= 11 is 0. The van der Waals surface area contributed by atoms with Crippen molar-refractivity contribution in [3.63, 3.8) is 0 Å². The van der Waals surface area contributed by atoms with E-state index in [1.165, 1.54) is 40.7 Å². The second-order valence-electron chi connectivity index (χ2n) is 7.70. The van der Waals surface area contributed by atoms with Crippen LogP contribution >= 0.6 is 0 Å². The molecule has 0 heterocycles. The lowest BCUT2D eigenvalue weighted by Gasteiger charge is -2.12. The zero-order chi connectivity index (χ0) is 20.8. The van der Waals surface area contributed by atoms with Crippen LogP contribution in [0.5, 0.6) is 0 Å². The second kappa shape index (κ2) is 13.8. The monoisotopic (exact) mass is 374 g/mol. The molecule has 3 aromatic carbocycles. The van der Waals surface area contributed by atoms with Crippen LogP contribution in [0.15, 0.2) is 78.9 Å². The van der Waals surface area contributed by atoms with E-state index in [1.54, 1.807) is 0 Å². The van der Waals surface area contributed by atoms with Crippen LogP contribution < -0.4 is 0 Å². The van der Waals surface area contributed by atoms with Gasteiger partial charge < -0.3 is 0 Å². The Morgan fingerprint density at radius 2 is 1.18 bits per heavy atom. The Bertz CT molecular complexity index is 736. The molecule has 0 aromatic heterocycles. The molecule has 0 saturated heterocycles. The molecule has 1 unspecified atom stereocenters. The predicted octanol–water partition coefficient (Wildman–Crippen LogP) is 8.45. The van der Waals surface area contributed by atoms with Gasteiger partial charge in [-0.05, 0) is 50.7 Å². The molecule has 1 atom stereocenters. The first-order valence-corrected chi connectivity index (χ1v) is 10.6. The van der Waals surface area contributed by atoms with E-state index in [4.69, 9.17) is 0 Å². The number of hydrogen-bond acceptors (Lipinski definition) is 0. The van der Waals surface area contributed by atoms with E-state index in [0.717, 1.165) is 6.42 Å². The van der Waals surface area contributed by atoms with E-state index in [9.17, 15) is 0 Å². The fourth-order valence-corrected chi connectivity index (χ4v) is 2.90. The molecule has 0 N–H and O–H groups in total. The normalized spacial score (nSPS) is 10.8. The highest BCUT2D eigenvalue weighted by molar-refractivity contribution is 5.24. The van der Waals surface area contributed by atoms with Crippen molar-refractivity contribution in [2.45, 2.75) is 66.7 Å². The molecule has 3 rings (SSSR count). The van der Waals surface area contributed by atoms with Crippen molar-refractivity contribution in [1.82, 2.24) is 0 Å². The van der Waals surface area contributed by atoms with Crippen LogP contribution in [0.1, 0.15) is 67.3 Å². The van der Waals surface area contributed by atoms with Crippen LogP contribution in [0, 0.1) is 20.8 Å². The van der Waals surface area contributed by atoms with E-state index in [1.807, 2.05) is 0 Å². The molecule has 0 aliphatic carbocycles. The van der Waals surface area contributed by atoms with Gasteiger partial charge in [0.05, 0.1) is 0 Å². The number of hydrogen-bond donors (Lipinski definition) is 0. The lowest BCUT2D eigenvalue weighted by molar-refractivity contribution is 0.679. The van der Waals surface area contributed by atoms with E-state index in [0.29, 0.717) is 5.92 Å². The minimum Gasteiger partial charge on any atom is -0.0656 e. The molecule has 0 nitrogen and oxygen atoms in total. The molecular weight excluding hydrogens is 336 g/mol. The third-order valence-electron chi connectivity index (χ3n) is 4.53. The van der Waals surface area contributed by atoms with Gasteiger partial charge in [-0.15, -0.1) is 0 Å². The second-order valence-corrected chi connectivity index (χ2v) is 7.70. The Labute approximate surface area is 173 Å². The predicted molar refractivity (Wildman–Crippen MR) is 126 cm³/mol. The molecule has 0 saturated carbocycles. The molecule has 150 valence electrons. The fraction of sp³-hybridized carbons (Fsp3) is 0.357. The first-order chi connectivity index (χ1) is 13.5. The molecule has 28 heavy (non-hydrogen) atoms. The van der Waals surface area contributed by atoms with Gasteiger partial charge in [-0.3, -0.25) is 0 Å². The van der Waals surface area contributed by atoms with Crippen molar-refractivity contribution in [1.29, 1.82) is 0 Å². The van der Waals surface area contributed by atoms with Gasteiger partial charge in [-0.25, -0.2) is 0 Å². The summed E-state index contributed by atoms with van der Waals surface area (Å²) in [5.41, 5.74) is 6.90. The van der Waals surface area contributed by atoms with E-state index < -0.39 is 0 Å². The minimum atomic E-state index is 0.635. The summed E-state index contributed by atoms with van der Waals surface area (Å²) in [6.07, 6.45) is 3.63. The van der Waals surface area contributed by atoms with Gasteiger partial charge in [0.2, 0.25) is 0 Å². The van der Waals surface area contributed by atoms with Crippen molar-refractivity contribution in [2.24, 2.45) is 0 Å². The average molecular weight is 375 g/mol. The molecule has 0 aliphatic rings. The number of rotatable bonds is 4. The lowest BCUT2D eigenvalue weighted by Crippen LogP contribution is -1.96. The van der Waals surface area contributed by atoms with Gasteiger partial charge in [0.25, 0.3) is 0 Å². The summed E-state index contributed by atoms with van der Waals surface area (Å²) in [7, 11) is 0.